The zero-order valence-corrected chi connectivity index (χ0v) is 14.9. The fourth-order valence-corrected chi connectivity index (χ4v) is 2.95. The van der Waals surface area contributed by atoms with Gasteiger partial charge in [0.15, 0.2) is 0 Å². The first-order valence-electron chi connectivity index (χ1n) is 7.56. The van der Waals surface area contributed by atoms with Gasteiger partial charge in [0.1, 0.15) is 5.75 Å². The number of nitrogens with one attached hydrogen (secondary N) is 1. The maximum absolute atomic E-state index is 12.2. The molecule has 4 heteroatoms. The molecule has 0 saturated carbocycles. The third kappa shape index (κ3) is 5.03. The average Bonchev–Trinajstić information content (AvgIpc) is 2.53. The summed E-state index contributed by atoms with van der Waals surface area (Å²) in [6.45, 7) is 6.43. The van der Waals surface area contributed by atoms with Gasteiger partial charge in [-0.15, -0.1) is 11.8 Å². The lowest BCUT2D eigenvalue weighted by Crippen LogP contribution is -2.19. The van der Waals surface area contributed by atoms with Gasteiger partial charge in [0.2, 0.25) is 5.91 Å². The monoisotopic (exact) mass is 329 g/mol. The third-order valence-corrected chi connectivity index (χ3v) is 4.45. The van der Waals surface area contributed by atoms with E-state index >= 15 is 0 Å². The molecule has 0 aliphatic heterocycles. The fourth-order valence-electron chi connectivity index (χ4n) is 2.25. The molecule has 122 valence electrons. The number of methoxy groups -OCH3 is 1. The molecule has 0 aliphatic carbocycles. The van der Waals surface area contributed by atoms with Gasteiger partial charge in [-0.3, -0.25) is 4.79 Å². The van der Waals surface area contributed by atoms with Crippen molar-refractivity contribution < 1.29 is 9.53 Å². The van der Waals surface area contributed by atoms with E-state index in [4.69, 9.17) is 4.74 Å². The summed E-state index contributed by atoms with van der Waals surface area (Å²) in [4.78, 5) is 13.3. The minimum Gasteiger partial charge on any atom is -0.497 e. The number of hydrogen-bond donors (Lipinski definition) is 1. The van der Waals surface area contributed by atoms with Gasteiger partial charge in [-0.25, -0.2) is 0 Å². The molecule has 0 atom stereocenters. The Labute approximate surface area is 142 Å². The first-order chi connectivity index (χ1) is 10.9. The SMILES string of the molecule is COc1ccc(SCC(=O)Nc2ccccc2C(C)(C)C)cc1. The highest BCUT2D eigenvalue weighted by Crippen LogP contribution is 2.29. The Morgan fingerprint density at radius 2 is 1.74 bits per heavy atom. The quantitative estimate of drug-likeness (QED) is 0.806. The first kappa shape index (κ1) is 17.4. The van der Waals surface area contributed by atoms with Crippen LogP contribution >= 0.6 is 11.8 Å². The van der Waals surface area contributed by atoms with Crippen LogP contribution in [0.4, 0.5) is 5.69 Å². The molecule has 0 spiro atoms. The zero-order chi connectivity index (χ0) is 16.9. The molecule has 1 N–H and O–H groups in total. The number of benzene rings is 2. The molecule has 0 heterocycles. The third-order valence-electron chi connectivity index (χ3n) is 3.44. The number of carbonyl (C=O) groups is 1. The number of ether oxygens (including phenoxy) is 1. The van der Waals surface area contributed by atoms with Crippen molar-refractivity contribution in [3.05, 3.63) is 54.1 Å². The van der Waals surface area contributed by atoms with Crippen molar-refractivity contribution in [1.82, 2.24) is 0 Å². The van der Waals surface area contributed by atoms with Gasteiger partial charge in [0.05, 0.1) is 12.9 Å². The van der Waals surface area contributed by atoms with E-state index < -0.39 is 0 Å². The summed E-state index contributed by atoms with van der Waals surface area (Å²) < 4.78 is 5.13. The molecule has 3 nitrogen and oxygen atoms in total. The highest BCUT2D eigenvalue weighted by molar-refractivity contribution is 8.00. The molecule has 23 heavy (non-hydrogen) atoms. The van der Waals surface area contributed by atoms with Crippen molar-refractivity contribution in [2.24, 2.45) is 0 Å². The van der Waals surface area contributed by atoms with E-state index in [1.165, 1.54) is 11.8 Å². The summed E-state index contributed by atoms with van der Waals surface area (Å²) in [5.74, 6) is 1.20. The van der Waals surface area contributed by atoms with Crippen molar-refractivity contribution in [3.8, 4) is 5.75 Å². The first-order valence-corrected chi connectivity index (χ1v) is 8.55. The summed E-state index contributed by atoms with van der Waals surface area (Å²) in [6, 6.07) is 15.7. The molecule has 2 rings (SSSR count). The van der Waals surface area contributed by atoms with E-state index in [0.29, 0.717) is 5.75 Å². The lowest BCUT2D eigenvalue weighted by atomic mass is 9.86. The minimum absolute atomic E-state index is 0.00233. The Balaban J connectivity index is 1.97. The Morgan fingerprint density at radius 1 is 1.09 bits per heavy atom. The van der Waals surface area contributed by atoms with Crippen LogP contribution in [0.3, 0.4) is 0 Å². The molecule has 0 aromatic heterocycles. The van der Waals surface area contributed by atoms with Gasteiger partial charge in [-0.1, -0.05) is 39.0 Å². The number of amides is 1. The van der Waals surface area contributed by atoms with E-state index in [1.807, 2.05) is 42.5 Å². The predicted molar refractivity (Wildman–Crippen MR) is 97.5 cm³/mol. The second-order valence-corrected chi connectivity index (χ2v) is 7.36. The normalized spacial score (nSPS) is 11.1. The average molecular weight is 329 g/mol. The Hall–Kier alpha value is -1.94. The van der Waals surface area contributed by atoms with Gasteiger partial charge in [0, 0.05) is 10.6 Å². The molecule has 0 saturated heterocycles. The second-order valence-electron chi connectivity index (χ2n) is 6.31. The van der Waals surface area contributed by atoms with Gasteiger partial charge in [-0.05, 0) is 41.3 Å². The maximum atomic E-state index is 12.2. The fraction of sp³-hybridized carbons (Fsp3) is 0.316. The number of thioether (sulfide) groups is 1. The Kier molecular flexibility index (Phi) is 5.72. The molecule has 0 aliphatic rings. The summed E-state index contributed by atoms with van der Waals surface area (Å²) in [7, 11) is 1.64. The van der Waals surface area contributed by atoms with E-state index in [1.54, 1.807) is 7.11 Å². The van der Waals surface area contributed by atoms with Crippen LogP contribution in [0.5, 0.6) is 5.75 Å². The van der Waals surface area contributed by atoms with Gasteiger partial charge >= 0.3 is 0 Å². The highest BCUT2D eigenvalue weighted by Gasteiger charge is 2.18. The van der Waals surface area contributed by atoms with Crippen molar-refractivity contribution in [3.63, 3.8) is 0 Å². The molecular formula is C19H23NO2S. The van der Waals surface area contributed by atoms with E-state index in [9.17, 15) is 4.79 Å². The van der Waals surface area contributed by atoms with Gasteiger partial charge in [-0.2, -0.15) is 0 Å². The molecule has 2 aromatic carbocycles. The molecule has 1 amide bonds. The number of carbonyl (C=O) groups excluding carboxylic acids is 1. The second kappa shape index (κ2) is 7.55. The number of para-hydroxylation sites is 1. The number of hydrogen-bond acceptors (Lipinski definition) is 3. The maximum Gasteiger partial charge on any atom is 0.234 e. The van der Waals surface area contributed by atoms with E-state index in [0.717, 1.165) is 21.9 Å². The van der Waals surface area contributed by atoms with Crippen molar-refractivity contribution in [1.29, 1.82) is 0 Å². The van der Waals surface area contributed by atoms with E-state index in [2.05, 4.69) is 32.2 Å². The van der Waals surface area contributed by atoms with Gasteiger partial charge < -0.3 is 10.1 Å². The summed E-state index contributed by atoms with van der Waals surface area (Å²) >= 11 is 1.51. The van der Waals surface area contributed by atoms with Gasteiger partial charge in [0.25, 0.3) is 0 Å². The molecule has 0 bridgehead atoms. The van der Waals surface area contributed by atoms with E-state index in [-0.39, 0.29) is 11.3 Å². The standard InChI is InChI=1S/C19H23NO2S/c1-19(2,3)16-7-5-6-8-17(16)20-18(21)13-23-15-11-9-14(22-4)10-12-15/h5-12H,13H2,1-4H3,(H,20,21). The van der Waals surface area contributed by atoms with Crippen LogP contribution < -0.4 is 10.1 Å². The molecule has 2 aromatic rings. The lowest BCUT2D eigenvalue weighted by molar-refractivity contribution is -0.113. The largest absolute Gasteiger partial charge is 0.497 e. The Morgan fingerprint density at radius 3 is 2.35 bits per heavy atom. The smallest absolute Gasteiger partial charge is 0.234 e. The van der Waals surface area contributed by atoms with Crippen LogP contribution in [0.1, 0.15) is 26.3 Å². The molecule has 0 fully saturated rings. The zero-order valence-electron chi connectivity index (χ0n) is 14.1. The number of anilines is 1. The van der Waals surface area contributed by atoms with Crippen LogP contribution in [0.15, 0.2) is 53.4 Å². The summed E-state index contributed by atoms with van der Waals surface area (Å²) in [5.41, 5.74) is 2.02. The van der Waals surface area contributed by atoms with Crippen LogP contribution in [-0.4, -0.2) is 18.8 Å². The van der Waals surface area contributed by atoms with Crippen molar-refractivity contribution in [2.45, 2.75) is 31.1 Å². The summed E-state index contributed by atoms with van der Waals surface area (Å²) in [6.07, 6.45) is 0. The van der Waals surface area contributed by atoms with Crippen molar-refractivity contribution >= 4 is 23.4 Å². The minimum atomic E-state index is -0.00694. The Bertz CT molecular complexity index is 660. The van der Waals surface area contributed by atoms with Crippen LogP contribution in [-0.2, 0) is 10.2 Å². The molecule has 0 unspecified atom stereocenters. The lowest BCUT2D eigenvalue weighted by Gasteiger charge is -2.23. The molecule has 0 radical (unpaired) electrons. The van der Waals surface area contributed by atoms with Crippen LogP contribution in [0.25, 0.3) is 0 Å². The van der Waals surface area contributed by atoms with Crippen LogP contribution in [0.2, 0.25) is 0 Å². The topological polar surface area (TPSA) is 38.3 Å². The number of rotatable bonds is 5. The summed E-state index contributed by atoms with van der Waals surface area (Å²) in [5, 5.41) is 3.03. The predicted octanol–water partition coefficient (Wildman–Crippen LogP) is 4.72. The van der Waals surface area contributed by atoms with Crippen molar-refractivity contribution in [2.75, 3.05) is 18.2 Å². The van der Waals surface area contributed by atoms with Crippen LogP contribution in [0, 0.1) is 0 Å². The molecular weight excluding hydrogens is 306 g/mol. The highest BCUT2D eigenvalue weighted by atomic mass is 32.2.